The van der Waals surface area contributed by atoms with Crippen LogP contribution < -0.4 is 9.47 Å². The predicted molar refractivity (Wildman–Crippen MR) is 160 cm³/mol. The highest BCUT2D eigenvalue weighted by Crippen LogP contribution is 2.45. The Morgan fingerprint density at radius 3 is 2.30 bits per heavy atom. The minimum Gasteiger partial charge on any atom is -0.487 e. The Balaban J connectivity index is 1.65. The maximum Gasteiger partial charge on any atom is 0.316 e. The molecule has 40 heavy (non-hydrogen) atoms. The molecule has 5 rings (SSSR count). The summed E-state index contributed by atoms with van der Waals surface area (Å²) in [7, 11) is 1.53. The summed E-state index contributed by atoms with van der Waals surface area (Å²) in [4.78, 5) is 25.3. The van der Waals surface area contributed by atoms with E-state index in [1.165, 1.54) is 18.4 Å². The Morgan fingerprint density at radius 2 is 1.68 bits per heavy atom. The first-order valence-electron chi connectivity index (χ1n) is 12.6. The number of carbonyl (C=O) groups is 1. The number of hydrogen-bond donors (Lipinski definition) is 1. The molecule has 0 unspecified atom stereocenters. The number of aromatic nitrogens is 3. The van der Waals surface area contributed by atoms with E-state index >= 15 is 0 Å². The third kappa shape index (κ3) is 5.78. The third-order valence-electron chi connectivity index (χ3n) is 6.24. The lowest BCUT2D eigenvalue weighted by Crippen LogP contribution is -2.23. The molecule has 2 heterocycles. The molecule has 0 aliphatic rings. The number of fused-ring (bicyclic) bond motifs is 1. The second kappa shape index (κ2) is 10.9. The molecular weight excluding hydrogens is 546 g/mol. The molecule has 7 nitrogen and oxygen atoms in total. The fourth-order valence-corrected chi connectivity index (χ4v) is 5.81. The van der Waals surface area contributed by atoms with Gasteiger partial charge in [0.1, 0.15) is 16.4 Å². The number of halogens is 1. The Hall–Kier alpha value is -4.01. The van der Waals surface area contributed by atoms with Gasteiger partial charge in [0.25, 0.3) is 0 Å². The monoisotopic (exact) mass is 573 g/mol. The Morgan fingerprint density at radius 1 is 1.00 bits per heavy atom. The summed E-state index contributed by atoms with van der Waals surface area (Å²) >= 11 is 7.89. The summed E-state index contributed by atoms with van der Waals surface area (Å²) in [6.45, 7) is 7.82. The van der Waals surface area contributed by atoms with Crippen molar-refractivity contribution in [2.75, 3.05) is 7.11 Å². The lowest BCUT2D eigenvalue weighted by molar-refractivity contribution is -0.136. The zero-order valence-corrected chi connectivity index (χ0v) is 24.4. The zero-order chi connectivity index (χ0) is 28.6. The van der Waals surface area contributed by atoms with Crippen LogP contribution in [0.5, 0.6) is 11.8 Å². The van der Waals surface area contributed by atoms with E-state index < -0.39 is 11.6 Å². The number of carboxylic acid groups (broad SMARTS) is 1. The molecule has 5 aromatic rings. The molecule has 0 bridgehead atoms. The topological polar surface area (TPSA) is 94.4 Å². The molecule has 1 N–H and O–H groups in total. The average molecular weight is 574 g/mol. The predicted octanol–water partition coefficient (Wildman–Crippen LogP) is 7.86. The lowest BCUT2D eigenvalue weighted by Gasteiger charge is -2.24. The number of thiazole rings is 1. The first-order valence-corrected chi connectivity index (χ1v) is 13.8. The molecule has 2 aromatic heterocycles. The summed E-state index contributed by atoms with van der Waals surface area (Å²) in [5.41, 5.74) is 6.29. The van der Waals surface area contributed by atoms with Gasteiger partial charge in [-0.15, -0.1) is 11.3 Å². The molecule has 0 amide bonds. The van der Waals surface area contributed by atoms with E-state index in [9.17, 15) is 9.90 Å². The SMILES string of the molecule is COc1ncc(-c2ccc(-c3nc4cc(C)c(CC(=O)O)c(-c5ccc(Cl)cc5OC(C)(C)C)c4s3)cc2)cn1. The van der Waals surface area contributed by atoms with Crippen LogP contribution in [0.25, 0.3) is 43.0 Å². The molecule has 3 aromatic carbocycles. The smallest absolute Gasteiger partial charge is 0.316 e. The quantitative estimate of drug-likeness (QED) is 0.212. The standard InChI is InChI=1S/C31H28ClN3O4S/c1-17-12-24-28(27(23(17)14-26(36)37)22-11-10-21(32)13-25(22)39-31(2,3)4)40-29(35-24)19-8-6-18(7-9-19)20-15-33-30(38-5)34-16-20/h6-13,15-16H,14H2,1-5H3,(H,36,37). The van der Waals surface area contributed by atoms with Crippen LogP contribution in [0.1, 0.15) is 31.9 Å². The largest absolute Gasteiger partial charge is 0.487 e. The number of benzene rings is 3. The van der Waals surface area contributed by atoms with Crippen molar-refractivity contribution < 1.29 is 19.4 Å². The van der Waals surface area contributed by atoms with Gasteiger partial charge in [0.15, 0.2) is 0 Å². The van der Waals surface area contributed by atoms with Gasteiger partial charge in [-0.3, -0.25) is 4.79 Å². The minimum atomic E-state index is -0.904. The van der Waals surface area contributed by atoms with Crippen LogP contribution in [-0.4, -0.2) is 38.7 Å². The van der Waals surface area contributed by atoms with Crippen LogP contribution in [-0.2, 0) is 11.2 Å². The van der Waals surface area contributed by atoms with Crippen LogP contribution in [0.3, 0.4) is 0 Å². The van der Waals surface area contributed by atoms with Crippen molar-refractivity contribution in [1.82, 2.24) is 15.0 Å². The summed E-state index contributed by atoms with van der Waals surface area (Å²) < 4.78 is 12.3. The van der Waals surface area contributed by atoms with Gasteiger partial charge in [0, 0.05) is 39.7 Å². The summed E-state index contributed by atoms with van der Waals surface area (Å²) in [5.74, 6) is -0.307. The summed E-state index contributed by atoms with van der Waals surface area (Å²) in [6.07, 6.45) is 3.32. The molecule has 0 saturated heterocycles. The third-order valence-corrected chi connectivity index (χ3v) is 7.62. The van der Waals surface area contributed by atoms with Gasteiger partial charge in [-0.1, -0.05) is 35.9 Å². The Bertz CT molecular complexity index is 1710. The second-order valence-electron chi connectivity index (χ2n) is 10.4. The molecule has 204 valence electrons. The number of nitrogens with zero attached hydrogens (tertiary/aromatic N) is 3. The first kappa shape index (κ1) is 27.6. The number of methoxy groups -OCH3 is 1. The van der Waals surface area contributed by atoms with Crippen LogP contribution in [0, 0.1) is 6.92 Å². The van der Waals surface area contributed by atoms with Crippen molar-refractivity contribution in [3.8, 4) is 44.6 Å². The van der Waals surface area contributed by atoms with Gasteiger partial charge < -0.3 is 14.6 Å². The second-order valence-corrected chi connectivity index (χ2v) is 11.8. The number of hydrogen-bond acceptors (Lipinski definition) is 7. The van der Waals surface area contributed by atoms with Gasteiger partial charge in [-0.05, 0) is 68.7 Å². The molecule has 0 radical (unpaired) electrons. The molecule has 0 aliphatic heterocycles. The number of rotatable bonds is 7. The molecule has 0 atom stereocenters. The normalized spacial score (nSPS) is 11.6. The van der Waals surface area contributed by atoms with Gasteiger partial charge in [-0.2, -0.15) is 0 Å². The lowest BCUT2D eigenvalue weighted by atomic mass is 9.92. The zero-order valence-electron chi connectivity index (χ0n) is 22.8. The van der Waals surface area contributed by atoms with E-state index in [1.54, 1.807) is 24.5 Å². The Kier molecular flexibility index (Phi) is 7.49. The highest BCUT2D eigenvalue weighted by atomic mass is 35.5. The van der Waals surface area contributed by atoms with E-state index in [4.69, 9.17) is 26.1 Å². The van der Waals surface area contributed by atoms with E-state index in [2.05, 4.69) is 9.97 Å². The van der Waals surface area contributed by atoms with Crippen LogP contribution in [0.4, 0.5) is 0 Å². The van der Waals surface area contributed by atoms with Gasteiger partial charge in [0.05, 0.1) is 23.7 Å². The fourth-order valence-electron chi connectivity index (χ4n) is 4.52. The Labute approximate surface area is 241 Å². The maximum absolute atomic E-state index is 11.9. The maximum atomic E-state index is 11.9. The van der Waals surface area contributed by atoms with Gasteiger partial charge >= 0.3 is 12.0 Å². The van der Waals surface area contributed by atoms with Crippen molar-refractivity contribution in [1.29, 1.82) is 0 Å². The fraction of sp³-hybridized carbons (Fsp3) is 0.226. The number of ether oxygens (including phenoxy) is 2. The molecular formula is C31H28ClN3O4S. The van der Waals surface area contributed by atoms with Crippen molar-refractivity contribution >= 4 is 39.1 Å². The van der Waals surface area contributed by atoms with Gasteiger partial charge in [-0.25, -0.2) is 15.0 Å². The van der Waals surface area contributed by atoms with Crippen molar-refractivity contribution in [3.63, 3.8) is 0 Å². The van der Waals surface area contributed by atoms with Crippen molar-refractivity contribution in [3.05, 3.63) is 77.1 Å². The number of aryl methyl sites for hydroxylation is 1. The highest BCUT2D eigenvalue weighted by Gasteiger charge is 2.24. The van der Waals surface area contributed by atoms with Crippen LogP contribution >= 0.6 is 22.9 Å². The number of carboxylic acids is 1. The van der Waals surface area contributed by atoms with Crippen molar-refractivity contribution in [2.45, 2.75) is 39.7 Å². The molecule has 0 spiro atoms. The number of aliphatic carboxylic acids is 1. The molecule has 0 fully saturated rings. The van der Waals surface area contributed by atoms with Crippen LogP contribution in [0.2, 0.25) is 5.02 Å². The summed E-state index contributed by atoms with van der Waals surface area (Å²) in [5, 5.41) is 11.2. The van der Waals surface area contributed by atoms with E-state index in [0.29, 0.717) is 16.8 Å². The average Bonchev–Trinajstić information content (AvgIpc) is 3.32. The first-order chi connectivity index (χ1) is 19.0. The molecule has 0 saturated carbocycles. The van der Waals surface area contributed by atoms with Crippen molar-refractivity contribution in [2.24, 2.45) is 0 Å². The van der Waals surface area contributed by atoms with E-state index in [1.807, 2.05) is 64.1 Å². The van der Waals surface area contributed by atoms with E-state index in [0.717, 1.165) is 54.2 Å². The molecule has 9 heteroatoms. The van der Waals surface area contributed by atoms with Crippen LogP contribution in [0.15, 0.2) is 60.9 Å². The molecule has 0 aliphatic carbocycles. The minimum absolute atomic E-state index is 0.124. The summed E-state index contributed by atoms with van der Waals surface area (Å²) in [6, 6.07) is 15.8. The van der Waals surface area contributed by atoms with Gasteiger partial charge in [0.2, 0.25) is 0 Å². The van der Waals surface area contributed by atoms with E-state index in [-0.39, 0.29) is 6.42 Å². The highest BCUT2D eigenvalue weighted by molar-refractivity contribution is 7.22.